The second kappa shape index (κ2) is 7.31. The molecule has 1 heterocycles. The first kappa shape index (κ1) is 19.1. The van der Waals surface area contributed by atoms with Crippen LogP contribution in [0.15, 0.2) is 30.3 Å². The van der Waals surface area contributed by atoms with Crippen LogP contribution in [0.5, 0.6) is 5.75 Å². The number of benzene rings is 2. The van der Waals surface area contributed by atoms with Gasteiger partial charge in [0, 0.05) is 23.9 Å². The average Bonchev–Trinajstić information content (AvgIpc) is 2.94. The highest BCUT2D eigenvalue weighted by atomic mass is 16.6. The number of aromatic hydroxyl groups is 1. The first-order valence-corrected chi connectivity index (χ1v) is 8.68. The van der Waals surface area contributed by atoms with Gasteiger partial charge in [0.1, 0.15) is 11.4 Å². The molecule has 1 atom stereocenters. The van der Waals surface area contributed by atoms with Crippen LogP contribution in [0.4, 0.5) is 10.5 Å². The molecule has 136 valence electrons. The highest BCUT2D eigenvalue weighted by Crippen LogP contribution is 2.44. The molecule has 3 rings (SSSR count). The summed E-state index contributed by atoms with van der Waals surface area (Å²) in [5.74, 6) is -0.0745. The van der Waals surface area contributed by atoms with Gasteiger partial charge in [0.2, 0.25) is 0 Å². The molecule has 1 aliphatic rings. The summed E-state index contributed by atoms with van der Waals surface area (Å²) in [6.45, 7) is 9.70. The van der Waals surface area contributed by atoms with Gasteiger partial charge in [-0.2, -0.15) is 0 Å². The van der Waals surface area contributed by atoms with E-state index in [1.54, 1.807) is 6.07 Å². The van der Waals surface area contributed by atoms with Crippen molar-refractivity contribution in [1.29, 1.82) is 0 Å². The molecule has 1 unspecified atom stereocenters. The molecule has 5 heteroatoms. The summed E-state index contributed by atoms with van der Waals surface area (Å²) in [4.78, 5) is 14.0. The zero-order valence-corrected chi connectivity index (χ0v) is 15.5. The van der Waals surface area contributed by atoms with Crippen molar-refractivity contribution in [2.45, 2.75) is 46.1 Å². The molecule has 1 aliphatic heterocycles. The number of carbonyl (C=O) groups excluding carboxylic acids is 1. The second-order valence-electron chi connectivity index (χ2n) is 6.84. The Hall–Kier alpha value is -2.27. The number of hydrogen-bond donors (Lipinski definition) is 2. The Labute approximate surface area is 148 Å². The first-order valence-electron chi connectivity index (χ1n) is 8.68. The van der Waals surface area contributed by atoms with Crippen molar-refractivity contribution in [2.24, 2.45) is 0 Å². The summed E-state index contributed by atoms with van der Waals surface area (Å²) in [5.41, 5.74) is 0.884. The molecule has 25 heavy (non-hydrogen) atoms. The summed E-state index contributed by atoms with van der Waals surface area (Å²) in [7, 11) is 0. The summed E-state index contributed by atoms with van der Waals surface area (Å²) < 4.78 is 5.45. The van der Waals surface area contributed by atoms with E-state index in [1.165, 1.54) is 4.90 Å². The normalized spacial score (nSPS) is 16.2. The Balaban J connectivity index is 0.00000109. The minimum Gasteiger partial charge on any atom is -0.507 e. The number of anilines is 1. The van der Waals surface area contributed by atoms with E-state index in [2.05, 4.69) is 0 Å². The van der Waals surface area contributed by atoms with Crippen LogP contribution in [0.2, 0.25) is 0 Å². The van der Waals surface area contributed by atoms with E-state index in [0.717, 1.165) is 16.3 Å². The van der Waals surface area contributed by atoms with E-state index < -0.39 is 11.7 Å². The summed E-state index contributed by atoms with van der Waals surface area (Å²) >= 11 is 0. The fourth-order valence-corrected chi connectivity index (χ4v) is 3.07. The molecule has 0 bridgehead atoms. The molecule has 2 aromatic carbocycles. The molecule has 0 radical (unpaired) electrons. The second-order valence-corrected chi connectivity index (χ2v) is 6.84. The Morgan fingerprint density at radius 2 is 1.84 bits per heavy atom. The van der Waals surface area contributed by atoms with Gasteiger partial charge < -0.3 is 14.9 Å². The highest BCUT2D eigenvalue weighted by molar-refractivity contribution is 6.01. The van der Waals surface area contributed by atoms with Crippen molar-refractivity contribution < 1.29 is 19.7 Å². The van der Waals surface area contributed by atoms with Gasteiger partial charge in [0.25, 0.3) is 0 Å². The summed E-state index contributed by atoms with van der Waals surface area (Å²) in [6, 6.07) is 9.04. The van der Waals surface area contributed by atoms with E-state index in [1.807, 2.05) is 58.9 Å². The zero-order valence-electron chi connectivity index (χ0n) is 15.5. The van der Waals surface area contributed by atoms with Crippen molar-refractivity contribution in [1.82, 2.24) is 0 Å². The van der Waals surface area contributed by atoms with Crippen LogP contribution < -0.4 is 4.90 Å². The molecule has 0 fully saturated rings. The predicted octanol–water partition coefficient (Wildman–Crippen LogP) is 4.40. The number of aliphatic hydroxyl groups excluding tert-OH is 1. The maximum Gasteiger partial charge on any atom is 0.414 e. The van der Waals surface area contributed by atoms with Crippen LogP contribution in [0.3, 0.4) is 0 Å². The van der Waals surface area contributed by atoms with E-state index in [0.29, 0.717) is 12.2 Å². The predicted molar refractivity (Wildman–Crippen MR) is 100 cm³/mol. The quantitative estimate of drug-likeness (QED) is 0.803. The van der Waals surface area contributed by atoms with Crippen LogP contribution in [-0.2, 0) is 4.74 Å². The molecule has 0 saturated carbocycles. The number of rotatable bonds is 1. The van der Waals surface area contributed by atoms with Crippen molar-refractivity contribution in [2.75, 3.05) is 18.1 Å². The van der Waals surface area contributed by atoms with Gasteiger partial charge >= 0.3 is 6.09 Å². The minimum absolute atomic E-state index is 0.0684. The van der Waals surface area contributed by atoms with E-state index >= 15 is 0 Å². The number of fused-ring (bicyclic) bond motifs is 3. The number of carbonyl (C=O) groups is 1. The molecule has 1 amide bonds. The van der Waals surface area contributed by atoms with Crippen molar-refractivity contribution in [3.05, 3.63) is 35.9 Å². The Morgan fingerprint density at radius 1 is 1.24 bits per heavy atom. The SMILES string of the molecule is CC.CC(C)(C)OC(=O)N1CC(CO)c2c1cc(O)c1ccccc21. The van der Waals surface area contributed by atoms with Gasteiger partial charge in [-0.3, -0.25) is 4.90 Å². The number of nitrogens with zero attached hydrogens (tertiary/aromatic N) is 1. The van der Waals surface area contributed by atoms with Gasteiger partial charge in [-0.15, -0.1) is 0 Å². The molecule has 0 saturated heterocycles. The maximum atomic E-state index is 12.5. The molecule has 5 nitrogen and oxygen atoms in total. The van der Waals surface area contributed by atoms with E-state index in [-0.39, 0.29) is 18.3 Å². The maximum absolute atomic E-state index is 12.5. The van der Waals surface area contributed by atoms with Crippen LogP contribution in [0.1, 0.15) is 46.1 Å². The fourth-order valence-electron chi connectivity index (χ4n) is 3.07. The highest BCUT2D eigenvalue weighted by Gasteiger charge is 2.36. The van der Waals surface area contributed by atoms with Crippen molar-refractivity contribution in [3.63, 3.8) is 0 Å². The van der Waals surface area contributed by atoms with Gasteiger partial charge in [-0.1, -0.05) is 38.1 Å². The number of amides is 1. The molecule has 2 N–H and O–H groups in total. The lowest BCUT2D eigenvalue weighted by Crippen LogP contribution is -2.36. The van der Waals surface area contributed by atoms with Crippen molar-refractivity contribution in [3.8, 4) is 5.75 Å². The van der Waals surface area contributed by atoms with E-state index in [4.69, 9.17) is 4.74 Å². The van der Waals surface area contributed by atoms with Crippen LogP contribution >= 0.6 is 0 Å². The van der Waals surface area contributed by atoms with Gasteiger partial charge in [0.15, 0.2) is 0 Å². The molecule has 2 aromatic rings. The fraction of sp³-hybridized carbons (Fsp3) is 0.450. The summed E-state index contributed by atoms with van der Waals surface area (Å²) in [5, 5.41) is 21.6. The molecule has 0 aromatic heterocycles. The monoisotopic (exact) mass is 345 g/mol. The lowest BCUT2D eigenvalue weighted by atomic mass is 9.95. The summed E-state index contributed by atoms with van der Waals surface area (Å²) in [6.07, 6.45) is -0.468. The number of phenols is 1. The third kappa shape index (κ3) is 3.71. The first-order chi connectivity index (χ1) is 11.8. The Bertz CT molecular complexity index is 764. The largest absolute Gasteiger partial charge is 0.507 e. The Kier molecular flexibility index (Phi) is 5.58. The number of phenolic OH excluding ortho intramolecular Hbond substituents is 1. The minimum atomic E-state index is -0.604. The van der Waals surface area contributed by atoms with Gasteiger partial charge in [-0.25, -0.2) is 4.79 Å². The zero-order chi connectivity index (χ0) is 18.8. The Morgan fingerprint density at radius 3 is 2.40 bits per heavy atom. The van der Waals surface area contributed by atoms with Crippen molar-refractivity contribution >= 4 is 22.6 Å². The van der Waals surface area contributed by atoms with Crippen LogP contribution in [-0.4, -0.2) is 35.1 Å². The average molecular weight is 345 g/mol. The smallest absolute Gasteiger partial charge is 0.414 e. The standard InChI is InChI=1S/C18H21NO4.C2H6/c1-18(2,3)23-17(22)19-9-11(10-20)16-13-7-5-4-6-12(13)15(21)8-14(16)19;1-2/h4-8,11,20-21H,9-10H2,1-3H3;1-2H3. The van der Waals surface area contributed by atoms with Crippen LogP contribution in [0.25, 0.3) is 10.8 Å². The van der Waals surface area contributed by atoms with Gasteiger partial charge in [-0.05, 0) is 31.7 Å². The third-order valence-corrected chi connectivity index (χ3v) is 3.98. The number of aliphatic hydroxyl groups is 1. The molecular weight excluding hydrogens is 318 g/mol. The number of hydrogen-bond acceptors (Lipinski definition) is 4. The number of ether oxygens (including phenoxy) is 1. The molecule has 0 aliphatic carbocycles. The lowest BCUT2D eigenvalue weighted by Gasteiger charge is -2.25. The van der Waals surface area contributed by atoms with Gasteiger partial charge in [0.05, 0.1) is 12.3 Å². The van der Waals surface area contributed by atoms with E-state index in [9.17, 15) is 15.0 Å². The topological polar surface area (TPSA) is 70.0 Å². The molecule has 0 spiro atoms. The van der Waals surface area contributed by atoms with Crippen LogP contribution in [0, 0.1) is 0 Å². The lowest BCUT2D eigenvalue weighted by molar-refractivity contribution is 0.0581. The molecular formula is C20H27NO4. The third-order valence-electron chi connectivity index (χ3n) is 3.98.